The van der Waals surface area contributed by atoms with Gasteiger partial charge in [-0.25, -0.2) is 0 Å². The van der Waals surface area contributed by atoms with Crippen LogP contribution in [0.1, 0.15) is 5.56 Å². The van der Waals surface area contributed by atoms with E-state index in [0.29, 0.717) is 10.0 Å². The molecule has 0 unspecified atom stereocenters. The minimum atomic E-state index is -4.70. The largest absolute Gasteiger partial charge is 0.573 e. The number of alkyl halides is 4. The van der Waals surface area contributed by atoms with Crippen molar-refractivity contribution in [1.82, 2.24) is 0 Å². The van der Waals surface area contributed by atoms with Crippen molar-refractivity contribution in [3.63, 3.8) is 0 Å². The van der Waals surface area contributed by atoms with Crippen LogP contribution in [0.15, 0.2) is 28.7 Å². The van der Waals surface area contributed by atoms with Crippen LogP contribution in [0.3, 0.4) is 0 Å². The summed E-state index contributed by atoms with van der Waals surface area (Å²) in [5.74, 6) is -0.0372. The van der Waals surface area contributed by atoms with Crippen LogP contribution in [0.25, 0.3) is 6.08 Å². The molecule has 1 rings (SSSR count). The number of halogens is 5. The van der Waals surface area contributed by atoms with Gasteiger partial charge in [0.2, 0.25) is 0 Å². The van der Waals surface area contributed by atoms with E-state index in [-0.39, 0.29) is 11.6 Å². The quantitative estimate of drug-likeness (QED) is 0.741. The van der Waals surface area contributed by atoms with Gasteiger partial charge in [0.25, 0.3) is 0 Å². The first-order valence-corrected chi connectivity index (χ1v) is 5.53. The summed E-state index contributed by atoms with van der Waals surface area (Å²) >= 11 is 8.48. The Hall–Kier alpha value is -0.680. The lowest BCUT2D eigenvalue weighted by Crippen LogP contribution is -2.17. The highest BCUT2D eigenvalue weighted by Gasteiger charge is 2.31. The van der Waals surface area contributed by atoms with Gasteiger partial charge >= 0.3 is 6.36 Å². The fourth-order valence-electron chi connectivity index (χ4n) is 1.03. The van der Waals surface area contributed by atoms with Crippen LogP contribution >= 0.6 is 27.5 Å². The molecule has 0 aromatic heterocycles. The van der Waals surface area contributed by atoms with Crippen LogP contribution in [0.2, 0.25) is 0 Å². The first kappa shape index (κ1) is 13.4. The highest BCUT2D eigenvalue weighted by Crippen LogP contribution is 2.30. The van der Waals surface area contributed by atoms with E-state index >= 15 is 0 Å². The molecule has 0 N–H and O–H groups in total. The molecule has 0 spiro atoms. The van der Waals surface area contributed by atoms with Gasteiger partial charge in [0, 0.05) is 15.9 Å². The highest BCUT2D eigenvalue weighted by molar-refractivity contribution is 9.10. The lowest BCUT2D eigenvalue weighted by molar-refractivity contribution is -0.274. The molecule has 1 aromatic rings. The Morgan fingerprint density at radius 2 is 2.06 bits per heavy atom. The maximum absolute atomic E-state index is 12.1. The summed E-state index contributed by atoms with van der Waals surface area (Å²) in [6, 6.07) is 4.38. The Bertz CT molecular complexity index is 390. The molecule has 0 amide bonds. The van der Waals surface area contributed by atoms with E-state index < -0.39 is 6.36 Å². The van der Waals surface area contributed by atoms with Gasteiger partial charge in [-0.15, -0.1) is 24.8 Å². The van der Waals surface area contributed by atoms with Crippen LogP contribution < -0.4 is 4.74 Å². The molecule has 1 nitrogen and oxygen atoms in total. The topological polar surface area (TPSA) is 9.23 Å². The zero-order chi connectivity index (χ0) is 12.2. The van der Waals surface area contributed by atoms with Gasteiger partial charge in [0.1, 0.15) is 5.75 Å². The molecule has 0 fully saturated rings. The van der Waals surface area contributed by atoms with Gasteiger partial charge in [-0.05, 0) is 12.1 Å². The van der Waals surface area contributed by atoms with Crippen molar-refractivity contribution < 1.29 is 17.9 Å². The average molecular weight is 316 g/mol. The van der Waals surface area contributed by atoms with E-state index in [1.807, 2.05) is 0 Å². The number of ether oxygens (including phenoxy) is 1. The summed E-state index contributed by atoms with van der Waals surface area (Å²) in [7, 11) is 0. The second-order valence-corrected chi connectivity index (χ2v) is 4.01. The molecule has 1 aromatic carbocycles. The van der Waals surface area contributed by atoms with Gasteiger partial charge in [-0.2, -0.15) is 0 Å². The Balaban J connectivity index is 3.03. The standard InChI is InChI=1S/C10H7BrClF3O/c11-8-4-3-7(2-1-5-12)9(6-8)16-10(13,14)15/h1-4,6H,5H2. The Kier molecular flexibility index (Phi) is 4.68. The molecule has 88 valence electrons. The van der Waals surface area contributed by atoms with E-state index in [4.69, 9.17) is 11.6 Å². The van der Waals surface area contributed by atoms with Gasteiger partial charge in [0.15, 0.2) is 0 Å². The van der Waals surface area contributed by atoms with Crippen molar-refractivity contribution in [1.29, 1.82) is 0 Å². The third-order valence-electron chi connectivity index (χ3n) is 1.59. The molecule has 0 heterocycles. The summed E-state index contributed by atoms with van der Waals surface area (Å²) in [6.07, 6.45) is -1.70. The lowest BCUT2D eigenvalue weighted by atomic mass is 10.2. The van der Waals surface area contributed by atoms with Crippen LogP contribution in [-0.2, 0) is 0 Å². The fraction of sp³-hybridized carbons (Fsp3) is 0.200. The Morgan fingerprint density at radius 3 is 2.62 bits per heavy atom. The molecule has 0 aliphatic carbocycles. The monoisotopic (exact) mass is 314 g/mol. The molecular weight excluding hydrogens is 308 g/mol. The number of benzene rings is 1. The lowest BCUT2D eigenvalue weighted by Gasteiger charge is -2.11. The SMILES string of the molecule is FC(F)(F)Oc1cc(Br)ccc1C=CCCl. The number of hydrogen-bond acceptors (Lipinski definition) is 1. The van der Waals surface area contributed by atoms with Crippen LogP contribution in [-0.4, -0.2) is 12.2 Å². The van der Waals surface area contributed by atoms with Crippen LogP contribution in [0.5, 0.6) is 5.75 Å². The Labute approximate surface area is 104 Å². The van der Waals surface area contributed by atoms with Crippen molar-refractivity contribution in [2.45, 2.75) is 6.36 Å². The minimum absolute atomic E-state index is 0.224. The van der Waals surface area contributed by atoms with Crippen molar-refractivity contribution in [3.05, 3.63) is 34.3 Å². The molecule has 0 aliphatic heterocycles. The van der Waals surface area contributed by atoms with Crippen molar-refractivity contribution in [3.8, 4) is 5.75 Å². The van der Waals surface area contributed by atoms with Crippen molar-refractivity contribution in [2.75, 3.05) is 5.88 Å². The highest BCUT2D eigenvalue weighted by atomic mass is 79.9. The molecule has 0 bridgehead atoms. The second kappa shape index (κ2) is 5.59. The first-order chi connectivity index (χ1) is 7.42. The number of hydrogen-bond donors (Lipinski definition) is 0. The maximum Gasteiger partial charge on any atom is 0.573 e. The molecule has 6 heteroatoms. The summed E-state index contributed by atoms with van der Waals surface area (Å²) in [5.41, 5.74) is 0.321. The van der Waals surface area contributed by atoms with E-state index in [2.05, 4.69) is 20.7 Å². The van der Waals surface area contributed by atoms with E-state index in [9.17, 15) is 13.2 Å². The predicted molar refractivity (Wildman–Crippen MR) is 60.6 cm³/mol. The third-order valence-corrected chi connectivity index (χ3v) is 2.26. The molecule has 0 atom stereocenters. The van der Waals surface area contributed by atoms with Crippen molar-refractivity contribution in [2.24, 2.45) is 0 Å². The normalized spacial score (nSPS) is 12.1. The molecule has 0 aliphatic rings. The summed E-state index contributed by atoms with van der Waals surface area (Å²) in [4.78, 5) is 0. The first-order valence-electron chi connectivity index (χ1n) is 4.20. The van der Waals surface area contributed by atoms with E-state index in [1.54, 1.807) is 6.07 Å². The van der Waals surface area contributed by atoms with Gasteiger partial charge < -0.3 is 4.74 Å². The minimum Gasteiger partial charge on any atom is -0.405 e. The maximum atomic E-state index is 12.1. The summed E-state index contributed by atoms with van der Waals surface area (Å²) < 4.78 is 40.7. The van der Waals surface area contributed by atoms with E-state index in [1.165, 1.54) is 24.3 Å². The number of rotatable bonds is 3. The average Bonchev–Trinajstić information content (AvgIpc) is 2.14. The second-order valence-electron chi connectivity index (χ2n) is 2.79. The molecule has 16 heavy (non-hydrogen) atoms. The van der Waals surface area contributed by atoms with Gasteiger partial charge in [-0.3, -0.25) is 0 Å². The van der Waals surface area contributed by atoms with Crippen molar-refractivity contribution >= 4 is 33.6 Å². The molecule has 0 saturated carbocycles. The third kappa shape index (κ3) is 4.45. The molecular formula is C10H7BrClF3O. The van der Waals surface area contributed by atoms with Crippen LogP contribution in [0, 0.1) is 0 Å². The molecule has 0 radical (unpaired) electrons. The van der Waals surface area contributed by atoms with Gasteiger partial charge in [-0.1, -0.05) is 34.1 Å². The van der Waals surface area contributed by atoms with E-state index in [0.717, 1.165) is 0 Å². The zero-order valence-electron chi connectivity index (χ0n) is 7.89. The fourth-order valence-corrected chi connectivity index (χ4v) is 1.46. The summed E-state index contributed by atoms with van der Waals surface area (Å²) in [6.45, 7) is 0. The number of allylic oxidation sites excluding steroid dienone is 1. The summed E-state index contributed by atoms with van der Waals surface area (Å²) in [5, 5.41) is 0. The predicted octanol–water partition coefficient (Wildman–Crippen LogP) is 4.60. The molecule has 0 saturated heterocycles. The Morgan fingerprint density at radius 1 is 1.38 bits per heavy atom. The smallest absolute Gasteiger partial charge is 0.405 e. The zero-order valence-corrected chi connectivity index (χ0v) is 10.2. The van der Waals surface area contributed by atoms with Crippen LogP contribution in [0.4, 0.5) is 13.2 Å². The van der Waals surface area contributed by atoms with Gasteiger partial charge in [0.05, 0.1) is 0 Å².